The highest BCUT2D eigenvalue weighted by Crippen LogP contribution is 2.19. The van der Waals surface area contributed by atoms with Crippen LogP contribution in [0.2, 0.25) is 0 Å². The highest BCUT2D eigenvalue weighted by Gasteiger charge is 2.28. The molecule has 1 aromatic rings. The van der Waals surface area contributed by atoms with E-state index in [4.69, 9.17) is 0 Å². The normalized spacial score (nSPS) is 13.6. The zero-order valence-corrected chi connectivity index (χ0v) is 11.6. The van der Waals surface area contributed by atoms with Crippen LogP contribution in [0.4, 0.5) is 0 Å². The van der Waals surface area contributed by atoms with Crippen molar-refractivity contribution >= 4 is 15.9 Å². The van der Waals surface area contributed by atoms with Gasteiger partial charge in [-0.25, -0.2) is 0 Å². The number of allylic oxidation sites excluding steroid dienone is 3. The molecule has 6 heteroatoms. The minimum Gasteiger partial charge on any atom is -0.294 e. The lowest BCUT2D eigenvalue weighted by molar-refractivity contribution is 0.0982. The number of pyridine rings is 1. The van der Waals surface area contributed by atoms with Crippen molar-refractivity contribution in [2.24, 2.45) is 0 Å². The Balaban J connectivity index is 3.09. The molecule has 0 saturated heterocycles. The second-order valence-electron chi connectivity index (χ2n) is 3.97. The molecule has 1 atom stereocenters. The van der Waals surface area contributed by atoms with Gasteiger partial charge in [-0.1, -0.05) is 31.4 Å². The number of ketones is 1. The highest BCUT2D eigenvalue weighted by atomic mass is 32.2. The molecule has 1 N–H and O–H groups in total. The van der Waals surface area contributed by atoms with E-state index in [1.807, 2.05) is 0 Å². The van der Waals surface area contributed by atoms with Crippen LogP contribution in [0.15, 0.2) is 61.5 Å². The molecular weight excluding hydrogens is 278 g/mol. The summed E-state index contributed by atoms with van der Waals surface area (Å²) in [6.07, 6.45) is 6.53. The van der Waals surface area contributed by atoms with Crippen LogP contribution in [0.3, 0.4) is 0 Å². The molecule has 0 aromatic carbocycles. The number of hydrogen-bond donors (Lipinski definition) is 1. The van der Waals surface area contributed by atoms with E-state index in [9.17, 15) is 17.8 Å². The molecule has 5 nitrogen and oxygen atoms in total. The van der Waals surface area contributed by atoms with E-state index in [0.717, 1.165) is 0 Å². The molecule has 1 aromatic heterocycles. The first-order chi connectivity index (χ1) is 9.40. The minimum atomic E-state index is -4.43. The third-order valence-corrected chi connectivity index (χ3v) is 3.81. The number of rotatable bonds is 7. The topological polar surface area (TPSA) is 84.3 Å². The summed E-state index contributed by atoms with van der Waals surface area (Å²) in [6, 6.07) is 2.96. The van der Waals surface area contributed by atoms with Crippen molar-refractivity contribution in [1.82, 2.24) is 4.98 Å². The van der Waals surface area contributed by atoms with E-state index >= 15 is 0 Å². The maximum atomic E-state index is 12.0. The summed E-state index contributed by atoms with van der Waals surface area (Å²) < 4.78 is 32.2. The molecule has 0 bridgehead atoms. The summed E-state index contributed by atoms with van der Waals surface area (Å²) in [6.45, 7) is 6.94. The first-order valence-electron chi connectivity index (χ1n) is 5.74. The zero-order chi connectivity index (χ0) is 15.2. The van der Waals surface area contributed by atoms with Crippen LogP contribution in [-0.4, -0.2) is 29.0 Å². The number of aromatic nitrogens is 1. The Morgan fingerprint density at radius 2 is 1.95 bits per heavy atom. The molecule has 0 aliphatic carbocycles. The molecular formula is C14H15NO4S. The summed E-state index contributed by atoms with van der Waals surface area (Å²) in [7, 11) is -4.43. The van der Waals surface area contributed by atoms with Crippen LogP contribution >= 0.6 is 0 Å². The fraction of sp³-hybridized carbons (Fsp3) is 0.143. The van der Waals surface area contributed by atoms with Gasteiger partial charge in [0.2, 0.25) is 0 Å². The predicted molar refractivity (Wildman–Crippen MR) is 77.0 cm³/mol. The van der Waals surface area contributed by atoms with E-state index in [-0.39, 0.29) is 12.0 Å². The minimum absolute atomic E-state index is 0.213. The summed E-state index contributed by atoms with van der Waals surface area (Å²) in [5.74, 6) is -0.410. The summed E-state index contributed by atoms with van der Waals surface area (Å²) in [5.41, 5.74) is 0.542. The van der Waals surface area contributed by atoms with E-state index in [1.54, 1.807) is 0 Å². The Labute approximate surface area is 118 Å². The molecule has 20 heavy (non-hydrogen) atoms. The zero-order valence-electron chi connectivity index (χ0n) is 10.8. The maximum Gasteiger partial charge on any atom is 0.272 e. The third kappa shape index (κ3) is 4.25. The van der Waals surface area contributed by atoms with Crippen molar-refractivity contribution in [2.45, 2.75) is 11.7 Å². The Hall–Kier alpha value is -2.05. The van der Waals surface area contributed by atoms with Gasteiger partial charge in [-0.3, -0.25) is 14.3 Å². The van der Waals surface area contributed by atoms with Gasteiger partial charge >= 0.3 is 0 Å². The van der Waals surface area contributed by atoms with Gasteiger partial charge in [-0.05, 0) is 17.7 Å². The lowest BCUT2D eigenvalue weighted by atomic mass is 10.0. The van der Waals surface area contributed by atoms with Crippen molar-refractivity contribution < 1.29 is 17.8 Å². The van der Waals surface area contributed by atoms with E-state index < -0.39 is 21.2 Å². The number of carbonyl (C=O) groups excluding carboxylic acids is 1. The summed E-state index contributed by atoms with van der Waals surface area (Å²) in [4.78, 5) is 15.8. The van der Waals surface area contributed by atoms with Gasteiger partial charge in [0, 0.05) is 24.4 Å². The largest absolute Gasteiger partial charge is 0.294 e. The number of carbonyl (C=O) groups is 1. The van der Waals surface area contributed by atoms with Crippen LogP contribution in [0, 0.1) is 0 Å². The molecule has 0 aliphatic rings. The Morgan fingerprint density at radius 3 is 2.40 bits per heavy atom. The SMILES string of the molecule is C=C/C=C(\C=C)C(CC(=O)c1ccncc1)S(=O)(=O)O. The van der Waals surface area contributed by atoms with E-state index in [1.165, 1.54) is 42.8 Å². The van der Waals surface area contributed by atoms with E-state index in [2.05, 4.69) is 18.1 Å². The van der Waals surface area contributed by atoms with Crippen LogP contribution < -0.4 is 0 Å². The first kappa shape index (κ1) is 16.0. The third-order valence-electron chi connectivity index (χ3n) is 2.65. The van der Waals surface area contributed by atoms with Crippen LogP contribution in [-0.2, 0) is 10.1 Å². The van der Waals surface area contributed by atoms with Gasteiger partial charge in [-0.2, -0.15) is 8.42 Å². The molecule has 1 unspecified atom stereocenters. The van der Waals surface area contributed by atoms with Gasteiger partial charge in [0.05, 0.1) is 0 Å². The fourth-order valence-electron chi connectivity index (χ4n) is 1.66. The Kier molecular flexibility index (Phi) is 5.54. The standard InChI is InChI=1S/C14H15NO4S/c1-3-5-11(4-2)14(20(17,18)19)10-13(16)12-6-8-15-9-7-12/h3-9,14H,1-2,10H2,(H,17,18,19)/b11-5+. The molecule has 0 saturated carbocycles. The lowest BCUT2D eigenvalue weighted by Crippen LogP contribution is -2.25. The quantitative estimate of drug-likeness (QED) is 0.473. The second-order valence-corrected chi connectivity index (χ2v) is 5.57. The maximum absolute atomic E-state index is 12.0. The van der Waals surface area contributed by atoms with Crippen molar-refractivity contribution in [3.05, 3.63) is 67.0 Å². The smallest absolute Gasteiger partial charge is 0.272 e. The Bertz CT molecular complexity index is 632. The number of hydrogen-bond acceptors (Lipinski definition) is 4. The van der Waals surface area contributed by atoms with Gasteiger partial charge in [0.25, 0.3) is 10.1 Å². The predicted octanol–water partition coefficient (Wildman–Crippen LogP) is 2.21. The lowest BCUT2D eigenvalue weighted by Gasteiger charge is -2.14. The van der Waals surface area contributed by atoms with Crippen LogP contribution in [0.1, 0.15) is 16.8 Å². The van der Waals surface area contributed by atoms with Gasteiger partial charge in [0.15, 0.2) is 5.78 Å². The van der Waals surface area contributed by atoms with Crippen molar-refractivity contribution in [3.8, 4) is 0 Å². The first-order valence-corrected chi connectivity index (χ1v) is 7.25. The second kappa shape index (κ2) is 6.93. The van der Waals surface area contributed by atoms with Gasteiger partial charge < -0.3 is 0 Å². The Morgan fingerprint density at radius 1 is 1.35 bits per heavy atom. The average Bonchev–Trinajstić information content (AvgIpc) is 2.42. The molecule has 106 valence electrons. The van der Waals surface area contributed by atoms with Crippen LogP contribution in [0.25, 0.3) is 0 Å². The van der Waals surface area contributed by atoms with Crippen molar-refractivity contribution in [3.63, 3.8) is 0 Å². The molecule has 0 aliphatic heterocycles. The highest BCUT2D eigenvalue weighted by molar-refractivity contribution is 7.86. The fourth-order valence-corrected chi connectivity index (χ4v) is 2.54. The monoisotopic (exact) mass is 293 g/mol. The summed E-state index contributed by atoms with van der Waals surface area (Å²) >= 11 is 0. The van der Waals surface area contributed by atoms with E-state index in [0.29, 0.717) is 5.56 Å². The van der Waals surface area contributed by atoms with Crippen LogP contribution in [0.5, 0.6) is 0 Å². The molecule has 0 spiro atoms. The molecule has 1 heterocycles. The average molecular weight is 293 g/mol. The number of nitrogens with zero attached hydrogens (tertiary/aromatic N) is 1. The van der Waals surface area contributed by atoms with Gasteiger partial charge in [-0.15, -0.1) is 0 Å². The van der Waals surface area contributed by atoms with Crippen molar-refractivity contribution in [1.29, 1.82) is 0 Å². The molecule has 0 radical (unpaired) electrons. The number of Topliss-reactive ketones (excluding diaryl/α,β-unsaturated/α-hetero) is 1. The molecule has 1 rings (SSSR count). The molecule has 0 amide bonds. The summed E-state index contributed by atoms with van der Waals surface area (Å²) in [5, 5.41) is -1.36. The van der Waals surface area contributed by atoms with Crippen molar-refractivity contribution in [2.75, 3.05) is 0 Å². The molecule has 0 fully saturated rings. The van der Waals surface area contributed by atoms with Gasteiger partial charge in [0.1, 0.15) is 5.25 Å².